The highest BCUT2D eigenvalue weighted by molar-refractivity contribution is 5.66. The smallest absolute Gasteiger partial charge is 0.302 e. The molecule has 5 nitrogen and oxygen atoms in total. The van der Waals surface area contributed by atoms with Crippen molar-refractivity contribution in [3.63, 3.8) is 0 Å². The Balaban J connectivity index is 1.78. The van der Waals surface area contributed by atoms with Gasteiger partial charge in [0.25, 0.3) is 0 Å². The van der Waals surface area contributed by atoms with E-state index in [4.69, 9.17) is 14.2 Å². The summed E-state index contributed by atoms with van der Waals surface area (Å²) in [6.07, 6.45) is 2.44. The van der Waals surface area contributed by atoms with E-state index in [1.54, 1.807) is 0 Å². The Morgan fingerprint density at radius 1 is 1.41 bits per heavy atom. The fourth-order valence-corrected chi connectivity index (χ4v) is 5.19. The van der Waals surface area contributed by atoms with E-state index in [9.17, 15) is 9.90 Å². The van der Waals surface area contributed by atoms with E-state index >= 15 is 0 Å². The lowest BCUT2D eigenvalue weighted by Gasteiger charge is -2.57. The van der Waals surface area contributed by atoms with E-state index < -0.39 is 6.10 Å². The van der Waals surface area contributed by atoms with Crippen LogP contribution in [-0.2, 0) is 19.0 Å². The SMILES string of the molecule is CC(=O)O[C@@H]1C[C@]2(C)[C@@]3(C)C[C@@H](O)C(C)=C[C@H]3O[C@H]1[C@]21CO1. The Labute approximate surface area is 130 Å². The van der Waals surface area contributed by atoms with Gasteiger partial charge >= 0.3 is 5.97 Å². The molecular formula is C17H24O5. The lowest BCUT2D eigenvalue weighted by molar-refractivity contribution is -0.207. The lowest BCUT2D eigenvalue weighted by atomic mass is 9.52. The van der Waals surface area contributed by atoms with Gasteiger partial charge < -0.3 is 19.3 Å². The van der Waals surface area contributed by atoms with Crippen LogP contribution in [0.5, 0.6) is 0 Å². The van der Waals surface area contributed by atoms with E-state index in [2.05, 4.69) is 13.8 Å². The third-order valence-electron chi connectivity index (χ3n) is 6.85. The molecule has 0 aromatic carbocycles. The molecule has 2 aliphatic carbocycles. The van der Waals surface area contributed by atoms with Gasteiger partial charge in [0.2, 0.25) is 0 Å². The fourth-order valence-electron chi connectivity index (χ4n) is 5.19. The van der Waals surface area contributed by atoms with Crippen LogP contribution >= 0.6 is 0 Å². The maximum absolute atomic E-state index is 11.5. The molecule has 22 heavy (non-hydrogen) atoms. The van der Waals surface area contributed by atoms with Gasteiger partial charge in [0.1, 0.15) is 17.8 Å². The maximum atomic E-state index is 11.5. The van der Waals surface area contributed by atoms with E-state index in [0.29, 0.717) is 13.0 Å². The van der Waals surface area contributed by atoms with Crippen LogP contribution in [0, 0.1) is 10.8 Å². The van der Waals surface area contributed by atoms with Gasteiger partial charge in [-0.15, -0.1) is 0 Å². The zero-order valence-corrected chi connectivity index (χ0v) is 13.6. The summed E-state index contributed by atoms with van der Waals surface area (Å²) in [6.45, 7) is 8.42. The van der Waals surface area contributed by atoms with Gasteiger partial charge in [-0.3, -0.25) is 4.79 Å². The minimum absolute atomic E-state index is 0.0683. The standard InChI is InChI=1S/C17H24O5/c1-9-5-13-15(3,6-11(9)19)16(4)7-12(21-10(2)18)14(22-13)17(16)8-20-17/h5,11-14,19H,6-8H2,1-4H3/t11-,12-,13-,14-,15+,16-,17-/m1/s1. The Kier molecular flexibility index (Phi) is 2.76. The normalized spacial score (nSPS) is 55.6. The van der Waals surface area contributed by atoms with Gasteiger partial charge in [-0.1, -0.05) is 19.9 Å². The number of carbonyl (C=O) groups excluding carboxylic acids is 1. The van der Waals surface area contributed by atoms with Crippen molar-refractivity contribution in [2.45, 2.75) is 70.6 Å². The van der Waals surface area contributed by atoms with Crippen LogP contribution in [0.4, 0.5) is 0 Å². The number of aliphatic hydroxyl groups is 1. The molecule has 2 aliphatic heterocycles. The molecule has 1 N–H and O–H groups in total. The van der Waals surface area contributed by atoms with Crippen molar-refractivity contribution in [2.24, 2.45) is 10.8 Å². The molecule has 0 unspecified atom stereocenters. The highest BCUT2D eigenvalue weighted by Gasteiger charge is 2.80. The third kappa shape index (κ3) is 1.52. The van der Waals surface area contributed by atoms with E-state index in [-0.39, 0.29) is 40.7 Å². The second kappa shape index (κ2) is 4.13. The Bertz CT molecular complexity index is 565. The number of esters is 1. The quantitative estimate of drug-likeness (QED) is 0.452. The molecule has 5 heteroatoms. The number of rotatable bonds is 1. The average molecular weight is 308 g/mol. The molecule has 2 bridgehead atoms. The largest absolute Gasteiger partial charge is 0.460 e. The van der Waals surface area contributed by atoms with Crippen LogP contribution < -0.4 is 0 Å². The molecule has 0 aromatic rings. The fraction of sp³-hybridized carbons (Fsp3) is 0.824. The molecule has 4 rings (SSSR count). The number of epoxide rings is 1. The van der Waals surface area contributed by atoms with Crippen molar-refractivity contribution in [3.05, 3.63) is 11.6 Å². The summed E-state index contributed by atoms with van der Waals surface area (Å²) in [4.78, 5) is 11.5. The molecule has 1 spiro atoms. The first-order valence-corrected chi connectivity index (χ1v) is 8.06. The summed E-state index contributed by atoms with van der Waals surface area (Å²) in [6, 6.07) is 0. The van der Waals surface area contributed by atoms with Gasteiger partial charge in [0.15, 0.2) is 0 Å². The summed E-state index contributed by atoms with van der Waals surface area (Å²) >= 11 is 0. The zero-order chi connectivity index (χ0) is 15.9. The molecular weight excluding hydrogens is 284 g/mol. The number of aliphatic hydroxyl groups excluding tert-OH is 1. The third-order valence-corrected chi connectivity index (χ3v) is 6.85. The summed E-state index contributed by atoms with van der Waals surface area (Å²) in [7, 11) is 0. The minimum atomic E-state index is -0.443. The van der Waals surface area contributed by atoms with Crippen LogP contribution in [0.3, 0.4) is 0 Å². The lowest BCUT2D eigenvalue weighted by Crippen LogP contribution is -2.62. The van der Waals surface area contributed by atoms with Gasteiger partial charge in [-0.25, -0.2) is 0 Å². The van der Waals surface area contributed by atoms with Crippen molar-refractivity contribution in [1.29, 1.82) is 0 Å². The highest BCUT2D eigenvalue weighted by Crippen LogP contribution is 2.71. The first-order valence-electron chi connectivity index (χ1n) is 8.06. The van der Waals surface area contributed by atoms with Crippen LogP contribution in [0.2, 0.25) is 0 Å². The molecule has 4 aliphatic rings. The predicted octanol–water partition coefficient (Wildman–Crippen LogP) is 1.58. The second-order valence-corrected chi connectivity index (χ2v) is 7.89. The van der Waals surface area contributed by atoms with Crippen molar-refractivity contribution >= 4 is 5.97 Å². The van der Waals surface area contributed by atoms with Gasteiger partial charge in [0, 0.05) is 17.8 Å². The van der Waals surface area contributed by atoms with E-state index in [0.717, 1.165) is 12.0 Å². The molecule has 3 fully saturated rings. The van der Waals surface area contributed by atoms with Crippen molar-refractivity contribution in [2.75, 3.05) is 6.61 Å². The molecule has 0 amide bonds. The van der Waals surface area contributed by atoms with Crippen molar-refractivity contribution in [1.82, 2.24) is 0 Å². The van der Waals surface area contributed by atoms with Gasteiger partial charge in [-0.05, 0) is 25.3 Å². The van der Waals surface area contributed by atoms with E-state index in [1.165, 1.54) is 6.92 Å². The first-order chi connectivity index (χ1) is 10.2. The van der Waals surface area contributed by atoms with E-state index in [1.807, 2.05) is 13.0 Å². The number of carbonyl (C=O) groups is 1. The Morgan fingerprint density at radius 3 is 2.68 bits per heavy atom. The van der Waals surface area contributed by atoms with Gasteiger partial charge in [0.05, 0.1) is 18.8 Å². The summed E-state index contributed by atoms with van der Waals surface area (Å²) in [5.74, 6) is -0.277. The predicted molar refractivity (Wildman–Crippen MR) is 78.1 cm³/mol. The molecule has 122 valence electrons. The number of hydrogen-bond donors (Lipinski definition) is 1. The summed E-state index contributed by atoms with van der Waals surface area (Å²) in [5.41, 5.74) is 0.193. The van der Waals surface area contributed by atoms with Crippen molar-refractivity contribution < 1.29 is 24.1 Å². The molecule has 1 saturated carbocycles. The van der Waals surface area contributed by atoms with Crippen LogP contribution in [0.15, 0.2) is 11.6 Å². The second-order valence-electron chi connectivity index (χ2n) is 7.89. The Hall–Kier alpha value is -0.910. The molecule has 0 aromatic heterocycles. The first kappa shape index (κ1) is 14.7. The monoisotopic (exact) mass is 308 g/mol. The Morgan fingerprint density at radius 2 is 2.09 bits per heavy atom. The molecule has 2 saturated heterocycles. The number of hydrogen-bond acceptors (Lipinski definition) is 5. The zero-order valence-electron chi connectivity index (χ0n) is 13.6. The molecule has 0 radical (unpaired) electrons. The highest BCUT2D eigenvalue weighted by atomic mass is 16.7. The van der Waals surface area contributed by atoms with Crippen LogP contribution in [-0.4, -0.2) is 47.7 Å². The van der Waals surface area contributed by atoms with Crippen LogP contribution in [0.25, 0.3) is 0 Å². The maximum Gasteiger partial charge on any atom is 0.302 e. The number of ether oxygens (including phenoxy) is 3. The topological polar surface area (TPSA) is 68.3 Å². The molecule has 7 atom stereocenters. The molecule has 2 heterocycles. The van der Waals surface area contributed by atoms with Crippen molar-refractivity contribution in [3.8, 4) is 0 Å². The summed E-state index contributed by atoms with van der Waals surface area (Å²) < 4.78 is 17.8. The van der Waals surface area contributed by atoms with Crippen LogP contribution in [0.1, 0.15) is 40.5 Å². The number of fused-ring (bicyclic) bond motifs is 2. The summed E-state index contributed by atoms with van der Waals surface area (Å²) in [5, 5.41) is 10.4. The average Bonchev–Trinajstić information content (AvgIpc) is 3.16. The van der Waals surface area contributed by atoms with Gasteiger partial charge in [-0.2, -0.15) is 0 Å². The minimum Gasteiger partial charge on any atom is -0.460 e.